The Kier molecular flexibility index (Phi) is 6.15. The van der Waals surface area contributed by atoms with Crippen molar-refractivity contribution < 1.29 is 9.50 Å². The third kappa shape index (κ3) is 4.25. The van der Waals surface area contributed by atoms with Gasteiger partial charge >= 0.3 is 0 Å². The van der Waals surface area contributed by atoms with E-state index in [0.717, 1.165) is 38.0 Å². The molecular formula is C17H27FN2O. The van der Waals surface area contributed by atoms with E-state index in [1.165, 1.54) is 6.07 Å². The van der Waals surface area contributed by atoms with Crippen LogP contribution in [0.3, 0.4) is 0 Å². The molecule has 1 aliphatic heterocycles. The normalized spacial score (nSPS) is 22.4. The maximum Gasteiger partial charge on any atom is 0.127 e. The summed E-state index contributed by atoms with van der Waals surface area (Å²) in [6.45, 7) is 5.55. The highest BCUT2D eigenvalue weighted by Crippen LogP contribution is 2.27. The number of aliphatic hydroxyl groups excluding tert-OH is 1. The summed E-state index contributed by atoms with van der Waals surface area (Å²) in [5, 5.41) is 12.3. The van der Waals surface area contributed by atoms with E-state index in [1.807, 2.05) is 19.2 Å². The molecule has 0 aromatic heterocycles. The van der Waals surface area contributed by atoms with Gasteiger partial charge in [0.2, 0.25) is 0 Å². The maximum atomic E-state index is 14.0. The number of halogens is 1. The minimum atomic E-state index is -0.136. The van der Waals surface area contributed by atoms with Crippen LogP contribution in [0.2, 0.25) is 0 Å². The summed E-state index contributed by atoms with van der Waals surface area (Å²) < 4.78 is 14.0. The lowest BCUT2D eigenvalue weighted by Gasteiger charge is -2.28. The van der Waals surface area contributed by atoms with Crippen LogP contribution >= 0.6 is 0 Å². The highest BCUT2D eigenvalue weighted by molar-refractivity contribution is 5.21. The average molecular weight is 294 g/mol. The van der Waals surface area contributed by atoms with Crippen molar-refractivity contribution >= 4 is 0 Å². The number of hydrogen-bond donors (Lipinski definition) is 2. The Morgan fingerprint density at radius 1 is 1.43 bits per heavy atom. The molecule has 2 rings (SSSR count). The molecule has 0 radical (unpaired) electrons. The topological polar surface area (TPSA) is 35.5 Å². The van der Waals surface area contributed by atoms with Gasteiger partial charge in [-0.25, -0.2) is 4.39 Å². The van der Waals surface area contributed by atoms with Gasteiger partial charge in [-0.1, -0.05) is 25.1 Å². The largest absolute Gasteiger partial charge is 0.396 e. The molecule has 3 nitrogen and oxygen atoms in total. The smallest absolute Gasteiger partial charge is 0.127 e. The van der Waals surface area contributed by atoms with Crippen molar-refractivity contribution in [3.8, 4) is 0 Å². The molecule has 1 saturated heterocycles. The maximum absolute atomic E-state index is 14.0. The van der Waals surface area contributed by atoms with Crippen LogP contribution in [0.5, 0.6) is 0 Å². The number of likely N-dealkylation sites (tertiary alicyclic amines) is 1. The lowest BCUT2D eigenvalue weighted by atomic mass is 9.93. The number of benzene rings is 1. The van der Waals surface area contributed by atoms with E-state index >= 15 is 0 Å². The van der Waals surface area contributed by atoms with Crippen LogP contribution in [0.4, 0.5) is 4.39 Å². The van der Waals surface area contributed by atoms with E-state index in [0.29, 0.717) is 11.8 Å². The highest BCUT2D eigenvalue weighted by Gasteiger charge is 2.27. The van der Waals surface area contributed by atoms with E-state index in [4.69, 9.17) is 5.11 Å². The Hall–Kier alpha value is -0.970. The molecule has 1 aliphatic rings. The van der Waals surface area contributed by atoms with Crippen molar-refractivity contribution in [1.29, 1.82) is 0 Å². The van der Waals surface area contributed by atoms with Crippen molar-refractivity contribution in [3.63, 3.8) is 0 Å². The second-order valence-corrected chi connectivity index (χ2v) is 6.19. The van der Waals surface area contributed by atoms with Crippen LogP contribution in [0, 0.1) is 17.7 Å². The fourth-order valence-electron chi connectivity index (χ4n) is 3.48. The number of nitrogens with one attached hydrogen (secondary N) is 1. The van der Waals surface area contributed by atoms with E-state index in [2.05, 4.69) is 17.1 Å². The molecule has 3 unspecified atom stereocenters. The zero-order valence-electron chi connectivity index (χ0n) is 13.1. The first-order chi connectivity index (χ1) is 10.2. The van der Waals surface area contributed by atoms with Crippen LogP contribution in [-0.2, 0) is 0 Å². The van der Waals surface area contributed by atoms with Crippen LogP contribution in [0.15, 0.2) is 24.3 Å². The molecule has 2 N–H and O–H groups in total. The molecular weight excluding hydrogens is 267 g/mol. The summed E-state index contributed by atoms with van der Waals surface area (Å²) >= 11 is 0. The fourth-order valence-corrected chi connectivity index (χ4v) is 3.48. The summed E-state index contributed by atoms with van der Waals surface area (Å²) in [6, 6.07) is 7.05. The van der Waals surface area contributed by atoms with Crippen molar-refractivity contribution in [3.05, 3.63) is 35.6 Å². The van der Waals surface area contributed by atoms with Gasteiger partial charge in [0.15, 0.2) is 0 Å². The van der Waals surface area contributed by atoms with Gasteiger partial charge in [-0.3, -0.25) is 0 Å². The Morgan fingerprint density at radius 2 is 2.19 bits per heavy atom. The van der Waals surface area contributed by atoms with Crippen molar-refractivity contribution in [1.82, 2.24) is 10.2 Å². The Balaban J connectivity index is 1.95. The van der Waals surface area contributed by atoms with Gasteiger partial charge in [0, 0.05) is 31.3 Å². The van der Waals surface area contributed by atoms with Crippen LogP contribution in [-0.4, -0.2) is 43.3 Å². The molecule has 1 aromatic rings. The van der Waals surface area contributed by atoms with Crippen LogP contribution in [0.25, 0.3) is 0 Å². The predicted octanol–water partition coefficient (Wildman–Crippen LogP) is 2.43. The molecule has 3 atom stereocenters. The molecule has 0 saturated carbocycles. The first-order valence-corrected chi connectivity index (χ1v) is 7.90. The molecule has 118 valence electrons. The third-order valence-electron chi connectivity index (χ3n) is 4.57. The van der Waals surface area contributed by atoms with Crippen molar-refractivity contribution in [2.45, 2.75) is 25.8 Å². The molecule has 21 heavy (non-hydrogen) atoms. The van der Waals surface area contributed by atoms with E-state index < -0.39 is 0 Å². The van der Waals surface area contributed by atoms with Crippen molar-refractivity contribution in [2.75, 3.05) is 33.3 Å². The summed E-state index contributed by atoms with van der Waals surface area (Å²) in [5.41, 5.74) is 0.749. The summed E-state index contributed by atoms with van der Waals surface area (Å²) in [6.07, 6.45) is 2.06. The van der Waals surface area contributed by atoms with Gasteiger partial charge in [0.05, 0.1) is 0 Å². The molecule has 4 heteroatoms. The lowest BCUT2D eigenvalue weighted by Crippen LogP contribution is -2.34. The monoisotopic (exact) mass is 294 g/mol. The number of rotatable bonds is 7. The quantitative estimate of drug-likeness (QED) is 0.811. The molecule has 1 fully saturated rings. The molecule has 0 bridgehead atoms. The standard InChI is InChI=1S/C17H27FN2O/c1-13(11-20-9-7-14(12-20)8-10-21)17(19-2)15-5-3-4-6-16(15)18/h3-6,13-14,17,19,21H,7-12H2,1-2H3. The first kappa shape index (κ1) is 16.4. The zero-order valence-corrected chi connectivity index (χ0v) is 13.1. The summed E-state index contributed by atoms with van der Waals surface area (Å²) in [7, 11) is 1.89. The molecule has 1 aromatic carbocycles. The van der Waals surface area contributed by atoms with E-state index in [1.54, 1.807) is 6.07 Å². The average Bonchev–Trinajstić information content (AvgIpc) is 2.89. The van der Waals surface area contributed by atoms with Gasteiger partial charge in [0.25, 0.3) is 0 Å². The summed E-state index contributed by atoms with van der Waals surface area (Å²) in [4.78, 5) is 2.44. The number of aliphatic hydroxyl groups is 1. The highest BCUT2D eigenvalue weighted by atomic mass is 19.1. The second-order valence-electron chi connectivity index (χ2n) is 6.19. The Morgan fingerprint density at radius 3 is 2.86 bits per heavy atom. The lowest BCUT2D eigenvalue weighted by molar-refractivity contribution is 0.227. The van der Waals surface area contributed by atoms with Gasteiger partial charge in [-0.15, -0.1) is 0 Å². The molecule has 0 spiro atoms. The Labute approximate surface area is 127 Å². The minimum Gasteiger partial charge on any atom is -0.396 e. The van der Waals surface area contributed by atoms with Gasteiger partial charge in [-0.2, -0.15) is 0 Å². The fraction of sp³-hybridized carbons (Fsp3) is 0.647. The van der Waals surface area contributed by atoms with Crippen LogP contribution in [0.1, 0.15) is 31.4 Å². The minimum absolute atomic E-state index is 0.0306. The second kappa shape index (κ2) is 7.87. The van der Waals surface area contributed by atoms with E-state index in [9.17, 15) is 4.39 Å². The number of hydrogen-bond acceptors (Lipinski definition) is 3. The van der Waals surface area contributed by atoms with Gasteiger partial charge in [0.1, 0.15) is 5.82 Å². The van der Waals surface area contributed by atoms with Gasteiger partial charge in [-0.05, 0) is 44.3 Å². The van der Waals surface area contributed by atoms with E-state index in [-0.39, 0.29) is 18.5 Å². The molecule has 0 amide bonds. The summed E-state index contributed by atoms with van der Waals surface area (Å²) in [5.74, 6) is 0.812. The van der Waals surface area contributed by atoms with Crippen LogP contribution < -0.4 is 5.32 Å². The SMILES string of the molecule is CNC(c1ccccc1F)C(C)CN1CCC(CCO)C1. The van der Waals surface area contributed by atoms with Crippen molar-refractivity contribution in [2.24, 2.45) is 11.8 Å². The molecule has 1 heterocycles. The third-order valence-corrected chi connectivity index (χ3v) is 4.57. The first-order valence-electron chi connectivity index (χ1n) is 7.90. The van der Waals surface area contributed by atoms with Gasteiger partial charge < -0.3 is 15.3 Å². The zero-order chi connectivity index (χ0) is 15.2. The predicted molar refractivity (Wildman–Crippen MR) is 83.6 cm³/mol. The number of nitrogens with zero attached hydrogens (tertiary/aromatic N) is 1. The molecule has 0 aliphatic carbocycles. The Bertz CT molecular complexity index is 441.